The van der Waals surface area contributed by atoms with Gasteiger partial charge < -0.3 is 20.3 Å². The molecular formula is C22H30N4O2S. The molecule has 3 rings (SSSR count). The van der Waals surface area contributed by atoms with E-state index < -0.39 is 0 Å². The van der Waals surface area contributed by atoms with Crippen molar-refractivity contribution in [2.24, 2.45) is 4.99 Å². The number of guanidine groups is 1. The van der Waals surface area contributed by atoms with Crippen molar-refractivity contribution >= 4 is 23.2 Å². The molecule has 0 radical (unpaired) electrons. The van der Waals surface area contributed by atoms with Crippen LogP contribution in [0.1, 0.15) is 29.9 Å². The number of thiophene rings is 1. The van der Waals surface area contributed by atoms with E-state index in [0.29, 0.717) is 19.0 Å². The first-order chi connectivity index (χ1) is 14.0. The number of carbonyl (C=O) groups excluding carboxylic acids is 1. The second kappa shape index (κ2) is 10.3. The van der Waals surface area contributed by atoms with Gasteiger partial charge in [-0.15, -0.1) is 11.3 Å². The molecule has 0 bridgehead atoms. The number of benzene rings is 1. The summed E-state index contributed by atoms with van der Waals surface area (Å²) in [5.41, 5.74) is 2.44. The standard InChI is InChI=1S/C22H30N4O2S/c1-4-23-22(24-13-17(3)28-19-7-5-6-16(2)12-19)25-14-21(27)26-10-8-20-18(15-26)9-11-29-20/h5-7,9,11-12,17H,4,8,10,13-15H2,1-3H3,(H2,23,24,25). The Bertz CT molecular complexity index is 849. The second-order valence-electron chi connectivity index (χ2n) is 7.26. The Hall–Kier alpha value is -2.54. The molecule has 156 valence electrons. The number of nitrogens with zero attached hydrogens (tertiary/aromatic N) is 2. The number of hydrogen-bond donors (Lipinski definition) is 2. The number of rotatable bonds is 7. The van der Waals surface area contributed by atoms with Gasteiger partial charge in [-0.1, -0.05) is 12.1 Å². The first-order valence-electron chi connectivity index (χ1n) is 10.1. The number of aliphatic imine (C=N–C) groups is 1. The summed E-state index contributed by atoms with van der Waals surface area (Å²) in [6.45, 7) is 8.99. The van der Waals surface area contributed by atoms with Gasteiger partial charge in [0.05, 0.1) is 6.54 Å². The van der Waals surface area contributed by atoms with E-state index in [1.807, 2.05) is 49.9 Å². The van der Waals surface area contributed by atoms with Gasteiger partial charge in [-0.05, 0) is 61.9 Å². The molecule has 0 spiro atoms. The summed E-state index contributed by atoms with van der Waals surface area (Å²) in [5.74, 6) is 1.55. The monoisotopic (exact) mass is 414 g/mol. The van der Waals surface area contributed by atoms with Crippen molar-refractivity contribution in [3.8, 4) is 5.75 Å². The fraction of sp³-hybridized carbons (Fsp3) is 0.455. The van der Waals surface area contributed by atoms with Crippen LogP contribution in [0.5, 0.6) is 5.75 Å². The zero-order valence-electron chi connectivity index (χ0n) is 17.4. The normalized spacial score (nSPS) is 14.9. The van der Waals surface area contributed by atoms with Crippen LogP contribution in [0, 0.1) is 6.92 Å². The van der Waals surface area contributed by atoms with Crippen molar-refractivity contribution < 1.29 is 9.53 Å². The van der Waals surface area contributed by atoms with Gasteiger partial charge in [0, 0.05) is 24.5 Å². The summed E-state index contributed by atoms with van der Waals surface area (Å²) >= 11 is 1.78. The largest absolute Gasteiger partial charge is 0.489 e. The molecule has 0 saturated carbocycles. The third kappa shape index (κ3) is 6.22. The Kier molecular flexibility index (Phi) is 7.52. The van der Waals surface area contributed by atoms with E-state index in [4.69, 9.17) is 4.74 Å². The Morgan fingerprint density at radius 1 is 1.34 bits per heavy atom. The number of nitrogens with one attached hydrogen (secondary N) is 2. The van der Waals surface area contributed by atoms with Gasteiger partial charge in [-0.2, -0.15) is 0 Å². The predicted molar refractivity (Wildman–Crippen MR) is 119 cm³/mol. The molecule has 1 amide bonds. The maximum absolute atomic E-state index is 12.6. The third-order valence-electron chi connectivity index (χ3n) is 4.76. The summed E-state index contributed by atoms with van der Waals surface area (Å²) in [7, 11) is 0. The molecule has 1 unspecified atom stereocenters. The molecule has 0 saturated heterocycles. The van der Waals surface area contributed by atoms with Crippen molar-refractivity contribution in [3.05, 3.63) is 51.7 Å². The molecule has 1 aromatic heterocycles. The quantitative estimate of drug-likeness (QED) is 0.540. The zero-order valence-corrected chi connectivity index (χ0v) is 18.2. The van der Waals surface area contributed by atoms with Gasteiger partial charge in [-0.3, -0.25) is 4.79 Å². The third-order valence-corrected chi connectivity index (χ3v) is 5.78. The fourth-order valence-electron chi connectivity index (χ4n) is 3.25. The molecule has 1 aliphatic rings. The molecule has 2 N–H and O–H groups in total. The van der Waals surface area contributed by atoms with E-state index in [1.165, 1.54) is 16.0 Å². The molecule has 0 fully saturated rings. The minimum absolute atomic E-state index is 0.0320. The summed E-state index contributed by atoms with van der Waals surface area (Å²) in [6.07, 6.45) is 0.907. The van der Waals surface area contributed by atoms with Gasteiger partial charge >= 0.3 is 0 Å². The van der Waals surface area contributed by atoms with Crippen LogP contribution in [-0.2, 0) is 17.8 Å². The van der Waals surface area contributed by atoms with Crippen LogP contribution in [0.15, 0.2) is 40.7 Å². The van der Waals surface area contributed by atoms with Crippen LogP contribution >= 0.6 is 11.3 Å². The highest BCUT2D eigenvalue weighted by Crippen LogP contribution is 2.23. The number of aryl methyl sites for hydroxylation is 1. The molecule has 1 atom stereocenters. The van der Waals surface area contributed by atoms with Crippen LogP contribution < -0.4 is 15.4 Å². The SMILES string of the molecule is CCNC(=NCC(=O)N1CCc2sccc2C1)NCC(C)Oc1cccc(C)c1. The Morgan fingerprint density at radius 2 is 2.21 bits per heavy atom. The van der Waals surface area contributed by atoms with Gasteiger partial charge in [-0.25, -0.2) is 4.99 Å². The van der Waals surface area contributed by atoms with Crippen molar-refractivity contribution in [2.45, 2.75) is 39.8 Å². The smallest absolute Gasteiger partial charge is 0.244 e. The lowest BCUT2D eigenvalue weighted by molar-refractivity contribution is -0.130. The number of amides is 1. The maximum Gasteiger partial charge on any atom is 0.244 e. The van der Waals surface area contributed by atoms with Crippen LogP contribution in [0.25, 0.3) is 0 Å². The van der Waals surface area contributed by atoms with E-state index in [9.17, 15) is 4.79 Å². The lowest BCUT2D eigenvalue weighted by Crippen LogP contribution is -2.43. The summed E-state index contributed by atoms with van der Waals surface area (Å²) in [6, 6.07) is 10.1. The maximum atomic E-state index is 12.6. The molecule has 2 heterocycles. The highest BCUT2D eigenvalue weighted by atomic mass is 32.1. The van der Waals surface area contributed by atoms with E-state index in [1.54, 1.807) is 11.3 Å². The lowest BCUT2D eigenvalue weighted by Gasteiger charge is -2.26. The van der Waals surface area contributed by atoms with Crippen molar-refractivity contribution in [3.63, 3.8) is 0 Å². The Morgan fingerprint density at radius 3 is 3.00 bits per heavy atom. The van der Waals surface area contributed by atoms with E-state index in [0.717, 1.165) is 25.3 Å². The first kappa shape index (κ1) is 21.2. The lowest BCUT2D eigenvalue weighted by atomic mass is 10.1. The van der Waals surface area contributed by atoms with Gasteiger partial charge in [0.1, 0.15) is 18.4 Å². The van der Waals surface area contributed by atoms with Gasteiger partial charge in [0.15, 0.2) is 5.96 Å². The molecule has 1 aromatic carbocycles. The van der Waals surface area contributed by atoms with Gasteiger partial charge in [0.25, 0.3) is 0 Å². The molecule has 0 aliphatic carbocycles. The summed E-state index contributed by atoms with van der Waals surface area (Å²) < 4.78 is 5.95. The second-order valence-corrected chi connectivity index (χ2v) is 8.26. The molecule has 6 nitrogen and oxygen atoms in total. The van der Waals surface area contributed by atoms with E-state index in [2.05, 4.69) is 27.1 Å². The minimum atomic E-state index is -0.0320. The van der Waals surface area contributed by atoms with Crippen LogP contribution in [0.2, 0.25) is 0 Å². The Balaban J connectivity index is 1.49. The van der Waals surface area contributed by atoms with E-state index in [-0.39, 0.29) is 18.6 Å². The minimum Gasteiger partial charge on any atom is -0.489 e. The fourth-order valence-corrected chi connectivity index (χ4v) is 4.14. The predicted octanol–water partition coefficient (Wildman–Crippen LogP) is 2.96. The summed E-state index contributed by atoms with van der Waals surface area (Å²) in [5, 5.41) is 8.57. The molecule has 29 heavy (non-hydrogen) atoms. The van der Waals surface area contributed by atoms with Crippen LogP contribution in [0.4, 0.5) is 0 Å². The first-order valence-corrected chi connectivity index (χ1v) is 11.0. The van der Waals surface area contributed by atoms with Crippen molar-refractivity contribution in [1.82, 2.24) is 15.5 Å². The number of ether oxygens (including phenoxy) is 1. The average Bonchev–Trinajstić information content (AvgIpc) is 3.17. The topological polar surface area (TPSA) is 66.0 Å². The molecule has 7 heteroatoms. The summed E-state index contributed by atoms with van der Waals surface area (Å²) in [4.78, 5) is 20.4. The van der Waals surface area contributed by atoms with Crippen LogP contribution in [-0.4, -0.2) is 49.0 Å². The van der Waals surface area contributed by atoms with Gasteiger partial charge in [0.2, 0.25) is 5.91 Å². The van der Waals surface area contributed by atoms with E-state index >= 15 is 0 Å². The highest BCUT2D eigenvalue weighted by Gasteiger charge is 2.21. The average molecular weight is 415 g/mol. The molecule has 2 aromatic rings. The number of carbonyl (C=O) groups is 1. The number of hydrogen-bond acceptors (Lipinski definition) is 4. The van der Waals surface area contributed by atoms with Crippen molar-refractivity contribution in [1.29, 1.82) is 0 Å². The Labute approximate surface area is 177 Å². The molecule has 1 aliphatic heterocycles. The van der Waals surface area contributed by atoms with Crippen LogP contribution in [0.3, 0.4) is 0 Å². The number of fused-ring (bicyclic) bond motifs is 1. The van der Waals surface area contributed by atoms with Crippen molar-refractivity contribution in [2.75, 3.05) is 26.2 Å². The molecular weight excluding hydrogens is 384 g/mol. The zero-order chi connectivity index (χ0) is 20.6. The highest BCUT2D eigenvalue weighted by molar-refractivity contribution is 7.10.